The Balaban J connectivity index is 2.95. The SMILES string of the molecule is CCC(Oc1ccc(OC)cc1CCN)C(N)=O. The summed E-state index contributed by atoms with van der Waals surface area (Å²) >= 11 is 0. The third kappa shape index (κ3) is 3.63. The Morgan fingerprint density at radius 1 is 1.44 bits per heavy atom. The Labute approximate surface area is 107 Å². The van der Waals surface area contributed by atoms with Gasteiger partial charge in [-0.2, -0.15) is 0 Å². The highest BCUT2D eigenvalue weighted by Crippen LogP contribution is 2.25. The van der Waals surface area contributed by atoms with Gasteiger partial charge < -0.3 is 20.9 Å². The number of hydrogen-bond donors (Lipinski definition) is 2. The van der Waals surface area contributed by atoms with E-state index in [0.717, 1.165) is 11.3 Å². The monoisotopic (exact) mass is 252 g/mol. The summed E-state index contributed by atoms with van der Waals surface area (Å²) in [4.78, 5) is 11.2. The van der Waals surface area contributed by atoms with Crippen LogP contribution in [0, 0.1) is 0 Å². The van der Waals surface area contributed by atoms with Crippen molar-refractivity contribution in [1.82, 2.24) is 0 Å². The van der Waals surface area contributed by atoms with Gasteiger partial charge in [-0.3, -0.25) is 4.79 Å². The van der Waals surface area contributed by atoms with Crippen molar-refractivity contribution in [3.8, 4) is 11.5 Å². The molecular formula is C13H20N2O3. The zero-order chi connectivity index (χ0) is 13.5. The van der Waals surface area contributed by atoms with Gasteiger partial charge in [-0.15, -0.1) is 0 Å². The van der Waals surface area contributed by atoms with E-state index in [1.165, 1.54) is 0 Å². The van der Waals surface area contributed by atoms with E-state index in [2.05, 4.69) is 0 Å². The number of carbonyl (C=O) groups is 1. The molecule has 0 aromatic heterocycles. The highest BCUT2D eigenvalue weighted by Gasteiger charge is 2.16. The van der Waals surface area contributed by atoms with Crippen LogP contribution in [0.2, 0.25) is 0 Å². The molecule has 18 heavy (non-hydrogen) atoms. The second-order valence-electron chi connectivity index (χ2n) is 3.93. The smallest absolute Gasteiger partial charge is 0.258 e. The van der Waals surface area contributed by atoms with Gasteiger partial charge in [0, 0.05) is 0 Å². The van der Waals surface area contributed by atoms with E-state index in [1.54, 1.807) is 19.2 Å². The van der Waals surface area contributed by atoms with Crippen molar-refractivity contribution in [3.63, 3.8) is 0 Å². The second-order valence-corrected chi connectivity index (χ2v) is 3.93. The van der Waals surface area contributed by atoms with Crippen molar-refractivity contribution in [1.29, 1.82) is 0 Å². The third-order valence-corrected chi connectivity index (χ3v) is 2.64. The second kappa shape index (κ2) is 6.86. The topological polar surface area (TPSA) is 87.6 Å². The summed E-state index contributed by atoms with van der Waals surface area (Å²) in [5, 5.41) is 0. The summed E-state index contributed by atoms with van der Waals surface area (Å²) in [7, 11) is 1.60. The molecule has 0 heterocycles. The van der Waals surface area contributed by atoms with Crippen LogP contribution < -0.4 is 20.9 Å². The first-order chi connectivity index (χ1) is 8.62. The highest BCUT2D eigenvalue weighted by atomic mass is 16.5. The van der Waals surface area contributed by atoms with Gasteiger partial charge in [-0.05, 0) is 43.1 Å². The van der Waals surface area contributed by atoms with Crippen LogP contribution in [-0.4, -0.2) is 25.7 Å². The lowest BCUT2D eigenvalue weighted by molar-refractivity contribution is -0.124. The van der Waals surface area contributed by atoms with Crippen LogP contribution in [0.5, 0.6) is 11.5 Å². The van der Waals surface area contributed by atoms with Gasteiger partial charge in [0.15, 0.2) is 6.10 Å². The molecular weight excluding hydrogens is 232 g/mol. The Morgan fingerprint density at radius 2 is 2.17 bits per heavy atom. The number of carbonyl (C=O) groups excluding carboxylic acids is 1. The minimum absolute atomic E-state index is 0.466. The van der Waals surface area contributed by atoms with Crippen molar-refractivity contribution in [2.75, 3.05) is 13.7 Å². The Kier molecular flexibility index (Phi) is 5.45. The van der Waals surface area contributed by atoms with Gasteiger partial charge in [0.1, 0.15) is 11.5 Å². The highest BCUT2D eigenvalue weighted by molar-refractivity contribution is 5.79. The number of ether oxygens (including phenoxy) is 2. The zero-order valence-electron chi connectivity index (χ0n) is 10.8. The largest absolute Gasteiger partial charge is 0.497 e. The summed E-state index contributed by atoms with van der Waals surface area (Å²) in [6.45, 7) is 2.35. The van der Waals surface area contributed by atoms with Crippen LogP contribution in [0.25, 0.3) is 0 Å². The molecule has 0 saturated heterocycles. The molecule has 1 unspecified atom stereocenters. The van der Waals surface area contributed by atoms with E-state index >= 15 is 0 Å². The summed E-state index contributed by atoms with van der Waals surface area (Å²) < 4.78 is 10.8. The van der Waals surface area contributed by atoms with Crippen LogP contribution in [0.1, 0.15) is 18.9 Å². The summed E-state index contributed by atoms with van der Waals surface area (Å²) in [5.74, 6) is 0.900. The van der Waals surface area contributed by atoms with E-state index in [0.29, 0.717) is 25.1 Å². The molecule has 1 amide bonds. The molecule has 0 bridgehead atoms. The first-order valence-corrected chi connectivity index (χ1v) is 5.95. The standard InChI is InChI=1S/C13H20N2O3/c1-3-11(13(15)16)18-12-5-4-10(17-2)8-9(12)6-7-14/h4-5,8,11H,3,6-7,14H2,1-2H3,(H2,15,16). The van der Waals surface area contributed by atoms with Crippen molar-refractivity contribution in [2.24, 2.45) is 11.5 Å². The lowest BCUT2D eigenvalue weighted by Crippen LogP contribution is -2.33. The maximum absolute atomic E-state index is 11.2. The fraction of sp³-hybridized carbons (Fsp3) is 0.462. The van der Waals surface area contributed by atoms with Crippen molar-refractivity contribution >= 4 is 5.91 Å². The number of hydrogen-bond acceptors (Lipinski definition) is 4. The molecule has 0 spiro atoms. The molecule has 100 valence electrons. The van der Waals surface area contributed by atoms with Gasteiger partial charge in [0.05, 0.1) is 7.11 Å². The predicted octanol–water partition coefficient (Wildman–Crippen LogP) is 0.839. The molecule has 4 N–H and O–H groups in total. The molecule has 0 saturated carbocycles. The van der Waals surface area contributed by atoms with Crippen molar-refractivity contribution in [3.05, 3.63) is 23.8 Å². The third-order valence-electron chi connectivity index (χ3n) is 2.64. The first kappa shape index (κ1) is 14.3. The summed E-state index contributed by atoms with van der Waals surface area (Å²) in [6.07, 6.45) is 0.570. The van der Waals surface area contributed by atoms with Gasteiger partial charge in [-0.1, -0.05) is 6.92 Å². The van der Waals surface area contributed by atoms with Gasteiger partial charge >= 0.3 is 0 Å². The fourth-order valence-corrected chi connectivity index (χ4v) is 1.64. The van der Waals surface area contributed by atoms with E-state index in [-0.39, 0.29) is 0 Å². The fourth-order valence-electron chi connectivity index (χ4n) is 1.64. The quantitative estimate of drug-likeness (QED) is 0.752. The number of benzene rings is 1. The number of methoxy groups -OCH3 is 1. The molecule has 5 heteroatoms. The minimum Gasteiger partial charge on any atom is -0.497 e. The molecule has 1 atom stereocenters. The summed E-state index contributed by atoms with van der Waals surface area (Å²) in [6, 6.07) is 5.41. The molecule has 0 aliphatic carbocycles. The molecule has 1 aromatic carbocycles. The van der Waals surface area contributed by atoms with E-state index in [1.807, 2.05) is 13.0 Å². The van der Waals surface area contributed by atoms with Gasteiger partial charge in [0.25, 0.3) is 5.91 Å². The van der Waals surface area contributed by atoms with Gasteiger partial charge in [-0.25, -0.2) is 0 Å². The lowest BCUT2D eigenvalue weighted by atomic mass is 10.1. The lowest BCUT2D eigenvalue weighted by Gasteiger charge is -2.17. The number of amides is 1. The number of primary amides is 1. The molecule has 0 aliphatic heterocycles. The molecule has 5 nitrogen and oxygen atoms in total. The van der Waals surface area contributed by atoms with Crippen LogP contribution >= 0.6 is 0 Å². The Hall–Kier alpha value is -1.75. The number of nitrogens with two attached hydrogens (primary N) is 2. The van der Waals surface area contributed by atoms with Crippen LogP contribution in [0.15, 0.2) is 18.2 Å². The van der Waals surface area contributed by atoms with Crippen molar-refractivity contribution in [2.45, 2.75) is 25.9 Å². The molecule has 0 radical (unpaired) electrons. The van der Waals surface area contributed by atoms with Gasteiger partial charge in [0.2, 0.25) is 0 Å². The van der Waals surface area contributed by atoms with E-state index < -0.39 is 12.0 Å². The summed E-state index contributed by atoms with van der Waals surface area (Å²) in [5.41, 5.74) is 11.7. The normalized spacial score (nSPS) is 11.9. The molecule has 1 aromatic rings. The van der Waals surface area contributed by atoms with E-state index in [4.69, 9.17) is 20.9 Å². The number of rotatable bonds is 7. The first-order valence-electron chi connectivity index (χ1n) is 5.95. The average Bonchev–Trinajstić information content (AvgIpc) is 2.37. The minimum atomic E-state index is -0.616. The molecule has 0 fully saturated rings. The average molecular weight is 252 g/mol. The molecule has 1 rings (SSSR count). The van der Waals surface area contributed by atoms with Crippen LogP contribution in [-0.2, 0) is 11.2 Å². The predicted molar refractivity (Wildman–Crippen MR) is 69.7 cm³/mol. The molecule has 0 aliphatic rings. The Bertz CT molecular complexity index is 407. The van der Waals surface area contributed by atoms with Crippen LogP contribution in [0.3, 0.4) is 0 Å². The van der Waals surface area contributed by atoms with Crippen molar-refractivity contribution < 1.29 is 14.3 Å². The maximum Gasteiger partial charge on any atom is 0.258 e. The zero-order valence-corrected chi connectivity index (χ0v) is 10.8. The Morgan fingerprint density at radius 3 is 2.67 bits per heavy atom. The van der Waals surface area contributed by atoms with Crippen LogP contribution in [0.4, 0.5) is 0 Å². The maximum atomic E-state index is 11.2. The van der Waals surface area contributed by atoms with E-state index in [9.17, 15) is 4.79 Å².